The van der Waals surface area contributed by atoms with Crippen LogP contribution in [0, 0.1) is 11.8 Å². The Bertz CT molecular complexity index is 525. The van der Waals surface area contributed by atoms with Gasteiger partial charge in [-0.3, -0.25) is 4.79 Å². The summed E-state index contributed by atoms with van der Waals surface area (Å²) in [6.07, 6.45) is 0.261. The highest BCUT2D eigenvalue weighted by Crippen LogP contribution is 2.37. The zero-order valence-corrected chi connectivity index (χ0v) is 13.4. The average Bonchev–Trinajstić information content (AvgIpc) is 2.46. The van der Waals surface area contributed by atoms with E-state index in [-0.39, 0.29) is 21.7 Å². The molecular formula is C16H18BrF3O. The minimum Gasteiger partial charge on any atom is -0.294 e. The second kappa shape index (κ2) is 6.51. The molecule has 2 rings (SSSR count). The normalized spacial score (nSPS) is 23.1. The van der Waals surface area contributed by atoms with Gasteiger partial charge >= 0.3 is 6.18 Å². The number of benzene rings is 1. The molecule has 21 heavy (non-hydrogen) atoms. The van der Waals surface area contributed by atoms with Crippen molar-refractivity contribution < 1.29 is 18.0 Å². The number of hydrogen-bond acceptors (Lipinski definition) is 1. The smallest absolute Gasteiger partial charge is 0.294 e. The fourth-order valence-corrected chi connectivity index (χ4v) is 3.50. The molecule has 1 aromatic rings. The van der Waals surface area contributed by atoms with Crippen LogP contribution in [-0.2, 0) is 6.18 Å². The Balaban J connectivity index is 2.23. The van der Waals surface area contributed by atoms with E-state index in [9.17, 15) is 18.0 Å². The largest absolute Gasteiger partial charge is 0.417 e. The van der Waals surface area contributed by atoms with Crippen LogP contribution >= 0.6 is 15.9 Å². The fraction of sp³-hybridized carbons (Fsp3) is 0.562. The van der Waals surface area contributed by atoms with Crippen molar-refractivity contribution in [1.82, 2.24) is 0 Å². The number of ketones is 1. The van der Waals surface area contributed by atoms with Gasteiger partial charge in [0.1, 0.15) is 0 Å². The van der Waals surface area contributed by atoms with Crippen LogP contribution in [0.15, 0.2) is 22.7 Å². The van der Waals surface area contributed by atoms with Crippen molar-refractivity contribution in [1.29, 1.82) is 0 Å². The van der Waals surface area contributed by atoms with Crippen molar-refractivity contribution in [3.8, 4) is 0 Å². The number of halogens is 4. The summed E-state index contributed by atoms with van der Waals surface area (Å²) < 4.78 is 38.7. The molecule has 5 heteroatoms. The van der Waals surface area contributed by atoms with Gasteiger partial charge in [0, 0.05) is 16.0 Å². The van der Waals surface area contributed by atoms with Crippen LogP contribution in [0.5, 0.6) is 0 Å². The molecule has 0 spiro atoms. The summed E-state index contributed by atoms with van der Waals surface area (Å²) >= 11 is 2.90. The third-order valence-corrected chi connectivity index (χ3v) is 4.98. The molecule has 1 nitrogen and oxygen atoms in total. The van der Waals surface area contributed by atoms with E-state index in [0.29, 0.717) is 5.92 Å². The summed E-state index contributed by atoms with van der Waals surface area (Å²) in [5.41, 5.74) is -0.608. The molecule has 1 aromatic carbocycles. The fourth-order valence-electron chi connectivity index (χ4n) is 3.03. The molecule has 116 valence electrons. The molecule has 0 bridgehead atoms. The van der Waals surface area contributed by atoms with Crippen molar-refractivity contribution in [2.24, 2.45) is 11.8 Å². The lowest BCUT2D eigenvalue weighted by Gasteiger charge is -2.27. The molecule has 1 saturated carbocycles. The summed E-state index contributed by atoms with van der Waals surface area (Å²) in [6, 6.07) is 3.77. The number of carbonyl (C=O) groups is 1. The van der Waals surface area contributed by atoms with Crippen molar-refractivity contribution in [3.05, 3.63) is 33.8 Å². The zero-order valence-electron chi connectivity index (χ0n) is 11.8. The minimum absolute atomic E-state index is 0.0263. The van der Waals surface area contributed by atoms with Crippen LogP contribution in [0.1, 0.15) is 54.9 Å². The molecule has 1 aliphatic carbocycles. The van der Waals surface area contributed by atoms with Gasteiger partial charge in [-0.2, -0.15) is 13.2 Å². The molecule has 0 radical (unpaired) electrons. The summed E-state index contributed by atoms with van der Waals surface area (Å²) in [7, 11) is 0. The first-order valence-corrected chi connectivity index (χ1v) is 8.03. The van der Waals surface area contributed by atoms with Gasteiger partial charge in [0.2, 0.25) is 0 Å². The maximum absolute atomic E-state index is 12.9. The molecule has 0 aliphatic heterocycles. The number of alkyl halides is 3. The minimum atomic E-state index is -4.45. The lowest BCUT2D eigenvalue weighted by atomic mass is 9.77. The highest BCUT2D eigenvalue weighted by Gasteiger charge is 2.34. The predicted octanol–water partition coefficient (Wildman–Crippen LogP) is 5.87. The second-order valence-electron chi connectivity index (χ2n) is 5.69. The van der Waals surface area contributed by atoms with Crippen LogP contribution in [-0.4, -0.2) is 5.78 Å². The molecular weight excluding hydrogens is 345 g/mol. The lowest BCUT2D eigenvalue weighted by molar-refractivity contribution is -0.138. The van der Waals surface area contributed by atoms with Gasteiger partial charge in [-0.25, -0.2) is 0 Å². The Kier molecular flexibility index (Phi) is 5.12. The van der Waals surface area contributed by atoms with E-state index in [2.05, 4.69) is 22.9 Å². The lowest BCUT2D eigenvalue weighted by Crippen LogP contribution is -2.23. The first kappa shape index (κ1) is 16.5. The predicted molar refractivity (Wildman–Crippen MR) is 79.2 cm³/mol. The van der Waals surface area contributed by atoms with Gasteiger partial charge in [-0.1, -0.05) is 48.2 Å². The van der Waals surface area contributed by atoms with E-state index in [0.717, 1.165) is 38.2 Å². The Morgan fingerprint density at radius 3 is 2.67 bits per heavy atom. The Labute approximate surface area is 131 Å². The number of carbonyl (C=O) groups excluding carboxylic acids is 1. The van der Waals surface area contributed by atoms with Crippen molar-refractivity contribution >= 4 is 21.7 Å². The molecule has 0 amide bonds. The highest BCUT2D eigenvalue weighted by molar-refractivity contribution is 9.10. The number of rotatable bonds is 3. The van der Waals surface area contributed by atoms with Crippen LogP contribution < -0.4 is 0 Å². The van der Waals surface area contributed by atoms with Crippen LogP contribution in [0.2, 0.25) is 0 Å². The van der Waals surface area contributed by atoms with E-state index in [1.54, 1.807) is 0 Å². The molecule has 2 unspecified atom stereocenters. The number of hydrogen-bond donors (Lipinski definition) is 0. The van der Waals surface area contributed by atoms with E-state index < -0.39 is 11.7 Å². The van der Waals surface area contributed by atoms with Gasteiger partial charge in [-0.15, -0.1) is 0 Å². The SMILES string of the molecule is CCC1CCCC(C(=O)c2ccc(Br)c(C(F)(F)F)c2)C1. The van der Waals surface area contributed by atoms with Crippen molar-refractivity contribution in [2.45, 2.75) is 45.2 Å². The van der Waals surface area contributed by atoms with E-state index in [1.807, 2.05) is 0 Å². The molecule has 0 saturated heterocycles. The molecule has 2 atom stereocenters. The first-order valence-electron chi connectivity index (χ1n) is 7.24. The Hall–Kier alpha value is -0.840. The van der Waals surface area contributed by atoms with Gasteiger partial charge in [-0.05, 0) is 30.9 Å². The third kappa shape index (κ3) is 3.87. The maximum atomic E-state index is 12.9. The van der Waals surface area contributed by atoms with E-state index in [1.165, 1.54) is 12.1 Å². The average molecular weight is 363 g/mol. The first-order chi connectivity index (χ1) is 9.82. The molecule has 0 aromatic heterocycles. The number of Topliss-reactive ketones (excluding diaryl/α,β-unsaturated/α-hetero) is 1. The standard InChI is InChI=1S/C16H18BrF3O/c1-2-10-4-3-5-11(8-10)15(21)12-6-7-14(17)13(9-12)16(18,19)20/h6-7,9-11H,2-5,8H2,1H3. The van der Waals surface area contributed by atoms with Gasteiger partial charge in [0.05, 0.1) is 5.56 Å². The zero-order chi connectivity index (χ0) is 15.6. The van der Waals surface area contributed by atoms with Crippen LogP contribution in [0.4, 0.5) is 13.2 Å². The maximum Gasteiger partial charge on any atom is 0.417 e. The van der Waals surface area contributed by atoms with Gasteiger partial charge in [0.15, 0.2) is 5.78 Å². The van der Waals surface area contributed by atoms with Crippen LogP contribution in [0.3, 0.4) is 0 Å². The van der Waals surface area contributed by atoms with Crippen molar-refractivity contribution in [3.63, 3.8) is 0 Å². The quantitative estimate of drug-likeness (QED) is 0.614. The molecule has 1 fully saturated rings. The van der Waals surface area contributed by atoms with Gasteiger partial charge in [0.25, 0.3) is 0 Å². The Morgan fingerprint density at radius 2 is 2.05 bits per heavy atom. The van der Waals surface area contributed by atoms with Crippen LogP contribution in [0.25, 0.3) is 0 Å². The third-order valence-electron chi connectivity index (χ3n) is 4.29. The summed E-state index contributed by atoms with van der Waals surface area (Å²) in [6.45, 7) is 2.10. The van der Waals surface area contributed by atoms with E-state index >= 15 is 0 Å². The molecule has 0 heterocycles. The summed E-state index contributed by atoms with van der Waals surface area (Å²) in [5, 5.41) is 0. The molecule has 0 N–H and O–H groups in total. The van der Waals surface area contributed by atoms with Crippen molar-refractivity contribution in [2.75, 3.05) is 0 Å². The summed E-state index contributed by atoms with van der Waals surface area (Å²) in [4.78, 5) is 12.5. The monoisotopic (exact) mass is 362 g/mol. The van der Waals surface area contributed by atoms with Gasteiger partial charge < -0.3 is 0 Å². The Morgan fingerprint density at radius 1 is 1.33 bits per heavy atom. The highest BCUT2D eigenvalue weighted by atomic mass is 79.9. The topological polar surface area (TPSA) is 17.1 Å². The second-order valence-corrected chi connectivity index (χ2v) is 6.55. The van der Waals surface area contributed by atoms with E-state index in [4.69, 9.17) is 0 Å². The molecule has 1 aliphatic rings. The summed E-state index contributed by atoms with van der Waals surface area (Å²) in [5.74, 6) is 0.238.